The van der Waals surface area contributed by atoms with Gasteiger partial charge in [0.05, 0.1) is 17.5 Å². The van der Waals surface area contributed by atoms with E-state index >= 15 is 0 Å². The SMILES string of the molecule is Nc1cnc2c(c1)C(=Cc1cc(C#Cc3ccccc3)cs1)C(=O)N2. The van der Waals surface area contributed by atoms with E-state index in [1.54, 1.807) is 17.4 Å². The summed E-state index contributed by atoms with van der Waals surface area (Å²) in [4.78, 5) is 17.3. The molecule has 4 nitrogen and oxygen atoms in total. The first-order valence-corrected chi connectivity index (χ1v) is 8.51. The van der Waals surface area contributed by atoms with Crippen LogP contribution in [0.15, 0.2) is 54.0 Å². The van der Waals surface area contributed by atoms with Gasteiger partial charge in [-0.1, -0.05) is 30.0 Å². The van der Waals surface area contributed by atoms with Gasteiger partial charge < -0.3 is 11.1 Å². The number of carbonyl (C=O) groups is 1. The fraction of sp³-hybridized carbons (Fsp3) is 0. The molecule has 120 valence electrons. The maximum absolute atomic E-state index is 12.2. The van der Waals surface area contributed by atoms with E-state index in [1.165, 1.54) is 6.20 Å². The van der Waals surface area contributed by atoms with Gasteiger partial charge in [0.15, 0.2) is 0 Å². The number of thiophene rings is 1. The molecular weight excluding hydrogens is 330 g/mol. The molecular formula is C20H13N3OS. The van der Waals surface area contributed by atoms with Crippen LogP contribution in [0.3, 0.4) is 0 Å². The zero-order valence-corrected chi connectivity index (χ0v) is 13.9. The third-order valence-electron chi connectivity index (χ3n) is 3.71. The highest BCUT2D eigenvalue weighted by molar-refractivity contribution is 7.11. The van der Waals surface area contributed by atoms with Crippen LogP contribution < -0.4 is 11.1 Å². The molecule has 0 fully saturated rings. The lowest BCUT2D eigenvalue weighted by atomic mass is 10.1. The second kappa shape index (κ2) is 6.27. The molecule has 5 heteroatoms. The quantitative estimate of drug-likeness (QED) is 0.524. The Balaban J connectivity index is 1.64. The average Bonchev–Trinajstić information content (AvgIpc) is 3.19. The Morgan fingerprint density at radius 3 is 2.76 bits per heavy atom. The lowest BCUT2D eigenvalue weighted by molar-refractivity contribution is -0.110. The highest BCUT2D eigenvalue weighted by Gasteiger charge is 2.25. The van der Waals surface area contributed by atoms with Crippen molar-refractivity contribution in [3.8, 4) is 11.8 Å². The van der Waals surface area contributed by atoms with E-state index in [4.69, 9.17) is 5.73 Å². The summed E-state index contributed by atoms with van der Waals surface area (Å²) >= 11 is 1.54. The van der Waals surface area contributed by atoms with Crippen molar-refractivity contribution >= 4 is 40.4 Å². The van der Waals surface area contributed by atoms with Crippen molar-refractivity contribution in [1.82, 2.24) is 4.98 Å². The van der Waals surface area contributed by atoms with Gasteiger partial charge in [-0.3, -0.25) is 4.79 Å². The molecule has 0 saturated heterocycles. The molecule has 3 N–H and O–H groups in total. The highest BCUT2D eigenvalue weighted by Crippen LogP contribution is 2.33. The predicted octanol–water partition coefficient (Wildman–Crippen LogP) is 3.62. The molecule has 0 bridgehead atoms. The first kappa shape index (κ1) is 15.2. The Morgan fingerprint density at radius 2 is 1.92 bits per heavy atom. The summed E-state index contributed by atoms with van der Waals surface area (Å²) in [6.07, 6.45) is 3.38. The molecule has 3 aromatic rings. The van der Waals surface area contributed by atoms with Crippen molar-refractivity contribution in [1.29, 1.82) is 0 Å². The van der Waals surface area contributed by atoms with Crippen LogP contribution in [-0.2, 0) is 4.79 Å². The van der Waals surface area contributed by atoms with Crippen LogP contribution in [0.25, 0.3) is 11.6 Å². The molecule has 0 spiro atoms. The molecule has 0 radical (unpaired) electrons. The Hall–Kier alpha value is -3.36. The van der Waals surface area contributed by atoms with Crippen molar-refractivity contribution in [2.24, 2.45) is 0 Å². The highest BCUT2D eigenvalue weighted by atomic mass is 32.1. The van der Waals surface area contributed by atoms with Crippen molar-refractivity contribution in [3.05, 3.63) is 75.6 Å². The molecule has 0 aliphatic carbocycles. The summed E-state index contributed by atoms with van der Waals surface area (Å²) in [6.45, 7) is 0. The minimum absolute atomic E-state index is 0.168. The maximum atomic E-state index is 12.2. The van der Waals surface area contributed by atoms with E-state index in [0.717, 1.165) is 21.6 Å². The number of carbonyl (C=O) groups excluding carboxylic acids is 1. The molecule has 1 amide bonds. The molecule has 0 unspecified atom stereocenters. The number of nitrogens with zero attached hydrogens (tertiary/aromatic N) is 1. The molecule has 1 aliphatic heterocycles. The number of hydrogen-bond donors (Lipinski definition) is 2. The first-order chi connectivity index (χ1) is 12.2. The summed E-state index contributed by atoms with van der Waals surface area (Å²) in [6, 6.07) is 13.6. The lowest BCUT2D eigenvalue weighted by Crippen LogP contribution is -2.04. The smallest absolute Gasteiger partial charge is 0.257 e. The summed E-state index contributed by atoms with van der Waals surface area (Å²) in [7, 11) is 0. The van der Waals surface area contributed by atoms with E-state index in [-0.39, 0.29) is 5.91 Å². The summed E-state index contributed by atoms with van der Waals surface area (Å²) in [5.41, 5.74) is 9.51. The van der Waals surface area contributed by atoms with E-state index < -0.39 is 0 Å². The van der Waals surface area contributed by atoms with Crippen LogP contribution in [0.5, 0.6) is 0 Å². The Kier molecular flexibility index (Phi) is 3.81. The fourth-order valence-electron chi connectivity index (χ4n) is 2.53. The van der Waals surface area contributed by atoms with Gasteiger partial charge in [0.25, 0.3) is 5.91 Å². The van der Waals surface area contributed by atoms with E-state index in [1.807, 2.05) is 47.9 Å². The molecule has 25 heavy (non-hydrogen) atoms. The standard InChI is InChI=1S/C20H13N3OS/c21-15-9-17-18(20(24)23-19(17)22-11-15)10-16-8-14(12-25-16)7-6-13-4-2-1-3-5-13/h1-5,8-12H,21H2,(H,22,23,24). The Bertz CT molecular complexity index is 1060. The number of benzene rings is 1. The fourth-order valence-corrected chi connectivity index (χ4v) is 3.30. The van der Waals surface area contributed by atoms with Gasteiger partial charge in [0.2, 0.25) is 0 Å². The monoisotopic (exact) mass is 343 g/mol. The summed E-state index contributed by atoms with van der Waals surface area (Å²) in [5.74, 6) is 6.65. The number of rotatable bonds is 1. The van der Waals surface area contributed by atoms with Gasteiger partial charge in [-0.05, 0) is 30.3 Å². The van der Waals surface area contributed by atoms with Gasteiger partial charge >= 0.3 is 0 Å². The maximum Gasteiger partial charge on any atom is 0.257 e. The zero-order chi connectivity index (χ0) is 17.2. The number of nitrogen functional groups attached to an aromatic ring is 1. The van der Waals surface area contributed by atoms with Crippen LogP contribution in [0, 0.1) is 11.8 Å². The van der Waals surface area contributed by atoms with Crippen LogP contribution in [0.2, 0.25) is 0 Å². The number of aromatic nitrogens is 1. The van der Waals surface area contributed by atoms with Crippen molar-refractivity contribution in [2.75, 3.05) is 11.1 Å². The lowest BCUT2D eigenvalue weighted by Gasteiger charge is -1.98. The minimum Gasteiger partial charge on any atom is -0.397 e. The van der Waals surface area contributed by atoms with Crippen LogP contribution in [-0.4, -0.2) is 10.9 Å². The molecule has 0 saturated carbocycles. The zero-order valence-electron chi connectivity index (χ0n) is 13.1. The van der Waals surface area contributed by atoms with Gasteiger partial charge in [-0.15, -0.1) is 11.3 Å². The topological polar surface area (TPSA) is 68.0 Å². The van der Waals surface area contributed by atoms with E-state index in [0.29, 0.717) is 17.1 Å². The number of amides is 1. The molecule has 1 aliphatic rings. The Morgan fingerprint density at radius 1 is 1.12 bits per heavy atom. The van der Waals surface area contributed by atoms with Crippen LogP contribution >= 0.6 is 11.3 Å². The Labute approximate surface area is 149 Å². The van der Waals surface area contributed by atoms with Gasteiger partial charge in [-0.25, -0.2) is 4.98 Å². The van der Waals surface area contributed by atoms with Gasteiger partial charge in [0, 0.05) is 26.9 Å². The summed E-state index contributed by atoms with van der Waals surface area (Å²) in [5, 5.41) is 4.73. The molecule has 0 atom stereocenters. The van der Waals surface area contributed by atoms with Crippen molar-refractivity contribution < 1.29 is 4.79 Å². The summed E-state index contributed by atoms with van der Waals surface area (Å²) < 4.78 is 0. The average molecular weight is 343 g/mol. The first-order valence-electron chi connectivity index (χ1n) is 7.63. The number of anilines is 2. The van der Waals surface area contributed by atoms with Crippen molar-refractivity contribution in [2.45, 2.75) is 0 Å². The minimum atomic E-state index is -0.168. The molecule has 1 aromatic carbocycles. The largest absolute Gasteiger partial charge is 0.397 e. The number of nitrogens with two attached hydrogens (primary N) is 1. The number of nitrogens with one attached hydrogen (secondary N) is 1. The van der Waals surface area contributed by atoms with Gasteiger partial charge in [-0.2, -0.15) is 0 Å². The van der Waals surface area contributed by atoms with E-state index in [9.17, 15) is 4.79 Å². The molecule has 3 heterocycles. The third kappa shape index (κ3) is 3.16. The normalized spacial score (nSPS) is 13.9. The molecule has 2 aromatic heterocycles. The van der Waals surface area contributed by atoms with E-state index in [2.05, 4.69) is 22.1 Å². The van der Waals surface area contributed by atoms with Crippen LogP contribution in [0.1, 0.15) is 21.6 Å². The second-order valence-electron chi connectivity index (χ2n) is 5.53. The van der Waals surface area contributed by atoms with Crippen LogP contribution in [0.4, 0.5) is 11.5 Å². The van der Waals surface area contributed by atoms with Crippen molar-refractivity contribution in [3.63, 3.8) is 0 Å². The third-order valence-corrected chi connectivity index (χ3v) is 4.59. The van der Waals surface area contributed by atoms with Gasteiger partial charge in [0.1, 0.15) is 5.82 Å². The number of pyridine rings is 1. The second-order valence-corrected chi connectivity index (χ2v) is 6.47. The predicted molar refractivity (Wildman–Crippen MR) is 102 cm³/mol. The number of fused-ring (bicyclic) bond motifs is 1. The number of hydrogen-bond acceptors (Lipinski definition) is 4. The molecule has 4 rings (SSSR count).